The van der Waals surface area contributed by atoms with Gasteiger partial charge in [0, 0.05) is 12.7 Å². The summed E-state index contributed by atoms with van der Waals surface area (Å²) in [6.45, 7) is 1.99. The number of nitrogens with zero attached hydrogens (tertiary/aromatic N) is 2. The predicted octanol–water partition coefficient (Wildman–Crippen LogP) is 4.61. The number of methoxy groups -OCH3 is 1. The number of halogens is 2. The van der Waals surface area contributed by atoms with Gasteiger partial charge in [-0.05, 0) is 25.2 Å². The molecule has 1 aliphatic carbocycles. The average molecular weight is 303 g/mol. The molecular formula is C14H20Cl2N2O. The highest BCUT2D eigenvalue weighted by Gasteiger charge is 2.28. The van der Waals surface area contributed by atoms with Gasteiger partial charge in [-0.25, -0.2) is 9.97 Å². The average Bonchev–Trinajstić information content (AvgIpc) is 2.40. The van der Waals surface area contributed by atoms with Gasteiger partial charge in [0.25, 0.3) is 0 Å². The monoisotopic (exact) mass is 302 g/mol. The molecule has 0 aromatic carbocycles. The van der Waals surface area contributed by atoms with Gasteiger partial charge in [0.1, 0.15) is 16.4 Å². The summed E-state index contributed by atoms with van der Waals surface area (Å²) in [7, 11) is 1.71. The molecule has 0 radical (unpaired) electrons. The van der Waals surface area contributed by atoms with Crippen LogP contribution >= 0.6 is 23.2 Å². The molecule has 3 nitrogen and oxygen atoms in total. The molecule has 1 unspecified atom stereocenters. The van der Waals surface area contributed by atoms with Crippen LogP contribution in [0.15, 0.2) is 0 Å². The van der Waals surface area contributed by atoms with Crippen molar-refractivity contribution in [3.05, 3.63) is 21.7 Å². The van der Waals surface area contributed by atoms with Crippen molar-refractivity contribution >= 4 is 23.2 Å². The first kappa shape index (κ1) is 15.0. The molecule has 0 bridgehead atoms. The maximum absolute atomic E-state index is 6.18. The third-order valence-electron chi connectivity index (χ3n) is 3.86. The highest BCUT2D eigenvalue weighted by molar-refractivity contribution is 6.34. The summed E-state index contributed by atoms with van der Waals surface area (Å²) in [6, 6.07) is 0. The van der Waals surface area contributed by atoms with Gasteiger partial charge in [0.2, 0.25) is 0 Å². The minimum Gasteiger partial charge on any atom is -0.373 e. The Labute approximate surface area is 124 Å². The Morgan fingerprint density at radius 1 is 1.16 bits per heavy atom. The van der Waals surface area contributed by atoms with Crippen molar-refractivity contribution in [1.82, 2.24) is 9.97 Å². The Morgan fingerprint density at radius 3 is 2.21 bits per heavy atom. The van der Waals surface area contributed by atoms with Gasteiger partial charge >= 0.3 is 0 Å². The number of hydrogen-bond acceptors (Lipinski definition) is 3. The normalized spacial score (nSPS) is 18.5. The molecule has 0 saturated heterocycles. The Kier molecular flexibility index (Phi) is 5.43. The topological polar surface area (TPSA) is 35.0 Å². The van der Waals surface area contributed by atoms with Crippen LogP contribution < -0.4 is 0 Å². The smallest absolute Gasteiger partial charge is 0.160 e. The van der Waals surface area contributed by atoms with Crippen LogP contribution in [0.1, 0.15) is 56.5 Å². The van der Waals surface area contributed by atoms with Crippen LogP contribution in [0.2, 0.25) is 10.3 Å². The molecule has 5 heteroatoms. The molecule has 2 rings (SSSR count). The molecule has 1 fully saturated rings. The first-order valence-corrected chi connectivity index (χ1v) is 7.67. The van der Waals surface area contributed by atoms with Crippen LogP contribution in [0.4, 0.5) is 0 Å². The first-order chi connectivity index (χ1) is 9.17. The van der Waals surface area contributed by atoms with E-state index in [9.17, 15) is 0 Å². The zero-order valence-electron chi connectivity index (χ0n) is 11.5. The summed E-state index contributed by atoms with van der Waals surface area (Å²) in [5.74, 6) is 1.10. The second kappa shape index (κ2) is 6.87. The molecule has 1 saturated carbocycles. The maximum Gasteiger partial charge on any atom is 0.160 e. The minimum absolute atomic E-state index is 0.0961. The van der Waals surface area contributed by atoms with E-state index < -0.39 is 0 Å². The summed E-state index contributed by atoms with van der Waals surface area (Å²) in [6.07, 6.45) is 6.77. The van der Waals surface area contributed by atoms with Crippen LogP contribution in [-0.2, 0) is 11.2 Å². The maximum atomic E-state index is 6.18. The van der Waals surface area contributed by atoms with Crippen molar-refractivity contribution in [3.8, 4) is 0 Å². The Bertz CT molecular complexity index is 410. The molecule has 1 atom stereocenters. The van der Waals surface area contributed by atoms with Gasteiger partial charge < -0.3 is 4.74 Å². The molecule has 106 valence electrons. The van der Waals surface area contributed by atoms with Gasteiger partial charge in [-0.15, -0.1) is 0 Å². The van der Waals surface area contributed by atoms with Crippen LogP contribution in [0, 0.1) is 5.92 Å². The minimum atomic E-state index is -0.0961. The van der Waals surface area contributed by atoms with Crippen molar-refractivity contribution in [3.63, 3.8) is 0 Å². The Hall–Kier alpha value is -0.380. The molecule has 1 aromatic heterocycles. The first-order valence-electron chi connectivity index (χ1n) is 6.92. The van der Waals surface area contributed by atoms with E-state index in [0.717, 1.165) is 24.8 Å². The number of hydrogen-bond donors (Lipinski definition) is 0. The fourth-order valence-electron chi connectivity index (χ4n) is 2.81. The largest absolute Gasteiger partial charge is 0.373 e. The van der Waals surface area contributed by atoms with Crippen molar-refractivity contribution in [2.45, 2.75) is 51.6 Å². The summed E-state index contributed by atoms with van der Waals surface area (Å²) in [4.78, 5) is 8.79. The Morgan fingerprint density at radius 2 is 1.74 bits per heavy atom. The zero-order chi connectivity index (χ0) is 13.8. The van der Waals surface area contributed by atoms with E-state index in [1.54, 1.807) is 7.11 Å². The van der Waals surface area contributed by atoms with E-state index in [4.69, 9.17) is 27.9 Å². The quantitative estimate of drug-likeness (QED) is 0.762. The van der Waals surface area contributed by atoms with E-state index >= 15 is 0 Å². The summed E-state index contributed by atoms with van der Waals surface area (Å²) < 4.78 is 5.62. The van der Waals surface area contributed by atoms with Gasteiger partial charge in [-0.1, -0.05) is 49.4 Å². The number of ether oxygens (including phenoxy) is 1. The van der Waals surface area contributed by atoms with Gasteiger partial charge in [0.05, 0.1) is 0 Å². The SMILES string of the molecule is CCc1c(Cl)nc(C(OC)C2CCCCC2)nc1Cl. The van der Waals surface area contributed by atoms with E-state index in [0.29, 0.717) is 22.0 Å². The van der Waals surface area contributed by atoms with Crippen molar-refractivity contribution in [2.24, 2.45) is 5.92 Å². The van der Waals surface area contributed by atoms with Crippen molar-refractivity contribution in [1.29, 1.82) is 0 Å². The fraction of sp³-hybridized carbons (Fsp3) is 0.714. The van der Waals surface area contributed by atoms with E-state index in [1.807, 2.05) is 6.92 Å². The molecule has 0 N–H and O–H groups in total. The third-order valence-corrected chi connectivity index (χ3v) is 4.49. The lowest BCUT2D eigenvalue weighted by atomic mass is 9.85. The third kappa shape index (κ3) is 3.39. The lowest BCUT2D eigenvalue weighted by Crippen LogP contribution is -2.20. The molecule has 0 spiro atoms. The fourth-order valence-corrected chi connectivity index (χ4v) is 3.48. The van der Waals surface area contributed by atoms with Crippen LogP contribution in [0.3, 0.4) is 0 Å². The lowest BCUT2D eigenvalue weighted by Gasteiger charge is -2.28. The lowest BCUT2D eigenvalue weighted by molar-refractivity contribution is 0.0289. The van der Waals surface area contributed by atoms with Gasteiger partial charge in [-0.3, -0.25) is 0 Å². The highest BCUT2D eigenvalue weighted by Crippen LogP contribution is 2.36. The summed E-state index contributed by atoms with van der Waals surface area (Å²) in [5.41, 5.74) is 0.811. The molecular weight excluding hydrogens is 283 g/mol. The molecule has 0 aliphatic heterocycles. The summed E-state index contributed by atoms with van der Waals surface area (Å²) >= 11 is 12.4. The molecule has 1 aromatic rings. The van der Waals surface area contributed by atoms with Crippen molar-refractivity contribution in [2.75, 3.05) is 7.11 Å². The number of aromatic nitrogens is 2. The van der Waals surface area contributed by atoms with Crippen molar-refractivity contribution < 1.29 is 4.74 Å². The van der Waals surface area contributed by atoms with Gasteiger partial charge in [0.15, 0.2) is 5.82 Å². The van der Waals surface area contributed by atoms with E-state index in [1.165, 1.54) is 19.3 Å². The standard InChI is InChI=1S/C14H20Cl2N2O/c1-3-10-12(15)17-14(18-13(10)16)11(19-2)9-7-5-4-6-8-9/h9,11H,3-8H2,1-2H3. The van der Waals surface area contributed by atoms with E-state index in [-0.39, 0.29) is 6.10 Å². The van der Waals surface area contributed by atoms with E-state index in [2.05, 4.69) is 9.97 Å². The van der Waals surface area contributed by atoms with Crippen LogP contribution in [0.25, 0.3) is 0 Å². The molecule has 1 heterocycles. The Balaban J connectivity index is 2.27. The van der Waals surface area contributed by atoms with Crippen LogP contribution in [0.5, 0.6) is 0 Å². The second-order valence-corrected chi connectivity index (χ2v) is 5.77. The summed E-state index contributed by atoms with van der Waals surface area (Å²) in [5, 5.41) is 0.908. The van der Waals surface area contributed by atoms with Gasteiger partial charge in [-0.2, -0.15) is 0 Å². The second-order valence-electron chi connectivity index (χ2n) is 5.05. The molecule has 0 amide bonds. The number of rotatable bonds is 4. The highest BCUT2D eigenvalue weighted by atomic mass is 35.5. The zero-order valence-corrected chi connectivity index (χ0v) is 13.0. The molecule has 1 aliphatic rings. The predicted molar refractivity (Wildman–Crippen MR) is 77.8 cm³/mol. The molecule has 19 heavy (non-hydrogen) atoms. The van der Waals surface area contributed by atoms with Crippen LogP contribution in [-0.4, -0.2) is 17.1 Å².